The molecule has 0 aliphatic carbocycles. The van der Waals surface area contributed by atoms with Crippen LogP contribution in [0.5, 0.6) is 0 Å². The number of benzene rings is 2. The summed E-state index contributed by atoms with van der Waals surface area (Å²) in [6.45, 7) is 4.68. The second-order valence-electron chi connectivity index (χ2n) is 7.66. The molecule has 3 aromatic rings. The Morgan fingerprint density at radius 3 is 2.24 bits per heavy atom. The van der Waals surface area contributed by atoms with E-state index < -0.39 is 5.60 Å². The molecule has 0 atom stereocenters. The van der Waals surface area contributed by atoms with E-state index in [-0.39, 0.29) is 5.91 Å². The number of carbonyl (C=O) groups excluding carboxylic acids is 1. The van der Waals surface area contributed by atoms with Crippen LogP contribution in [0.4, 0.5) is 0 Å². The van der Waals surface area contributed by atoms with Crippen LogP contribution >= 0.6 is 11.6 Å². The van der Waals surface area contributed by atoms with E-state index in [4.69, 9.17) is 16.0 Å². The van der Waals surface area contributed by atoms with Crippen LogP contribution in [0.3, 0.4) is 0 Å². The zero-order chi connectivity index (χ0) is 20.6. The van der Waals surface area contributed by atoms with Crippen LogP contribution in [-0.2, 0) is 5.60 Å². The first kappa shape index (κ1) is 19.7. The lowest BCUT2D eigenvalue weighted by molar-refractivity contribution is -0.0211. The molecular weight excluding hydrogens is 386 g/mol. The number of piperidine rings is 1. The molecule has 1 amide bonds. The Labute approximate surface area is 175 Å². The standard InChI is InChI=1S/C24H24ClNO3/c1-16-21(18-8-10-20(25)11-9-18)22(17(2)29-16)23(27)26-14-12-24(28,13-15-26)19-6-4-3-5-7-19/h3-11,28H,12-15H2,1-2H3. The smallest absolute Gasteiger partial charge is 0.258 e. The molecule has 29 heavy (non-hydrogen) atoms. The Hall–Kier alpha value is -2.56. The molecular formula is C24H24ClNO3. The van der Waals surface area contributed by atoms with Crippen molar-refractivity contribution in [1.29, 1.82) is 0 Å². The van der Waals surface area contributed by atoms with Crippen molar-refractivity contribution in [2.75, 3.05) is 13.1 Å². The minimum atomic E-state index is -0.890. The summed E-state index contributed by atoms with van der Waals surface area (Å²) in [6, 6.07) is 17.1. The van der Waals surface area contributed by atoms with Crippen LogP contribution in [0.15, 0.2) is 59.0 Å². The van der Waals surface area contributed by atoms with Crippen molar-refractivity contribution in [3.63, 3.8) is 0 Å². The summed E-state index contributed by atoms with van der Waals surface area (Å²) in [5, 5.41) is 11.7. The van der Waals surface area contributed by atoms with E-state index in [1.807, 2.05) is 73.3 Å². The molecule has 1 aliphatic rings. The fraction of sp³-hybridized carbons (Fsp3) is 0.292. The molecule has 1 aliphatic heterocycles. The number of furan rings is 1. The highest BCUT2D eigenvalue weighted by atomic mass is 35.5. The van der Waals surface area contributed by atoms with Crippen LogP contribution in [0.1, 0.15) is 40.3 Å². The van der Waals surface area contributed by atoms with Gasteiger partial charge in [0, 0.05) is 23.7 Å². The Morgan fingerprint density at radius 2 is 1.62 bits per heavy atom. The van der Waals surface area contributed by atoms with Crippen LogP contribution in [0.2, 0.25) is 5.02 Å². The summed E-state index contributed by atoms with van der Waals surface area (Å²) in [7, 11) is 0. The van der Waals surface area contributed by atoms with Crippen molar-refractivity contribution in [3.05, 3.63) is 82.3 Å². The number of aryl methyl sites for hydroxylation is 2. The molecule has 1 saturated heterocycles. The van der Waals surface area contributed by atoms with Crippen LogP contribution < -0.4 is 0 Å². The summed E-state index contributed by atoms with van der Waals surface area (Å²) >= 11 is 6.02. The number of halogens is 1. The Kier molecular flexibility index (Phi) is 5.24. The predicted molar refractivity (Wildman–Crippen MR) is 114 cm³/mol. The third-order valence-electron chi connectivity index (χ3n) is 5.80. The lowest BCUT2D eigenvalue weighted by atomic mass is 9.84. The second kappa shape index (κ2) is 7.69. The molecule has 0 unspecified atom stereocenters. The molecule has 2 heterocycles. The first-order chi connectivity index (χ1) is 13.9. The highest BCUT2D eigenvalue weighted by molar-refractivity contribution is 6.30. The molecule has 1 aromatic heterocycles. The van der Waals surface area contributed by atoms with Crippen molar-refractivity contribution in [2.24, 2.45) is 0 Å². The van der Waals surface area contributed by atoms with E-state index in [0.717, 1.165) is 16.7 Å². The van der Waals surface area contributed by atoms with Gasteiger partial charge in [-0.05, 0) is 49.9 Å². The number of likely N-dealkylation sites (tertiary alicyclic amines) is 1. The molecule has 4 rings (SSSR count). The van der Waals surface area contributed by atoms with E-state index in [2.05, 4.69) is 0 Å². The van der Waals surface area contributed by atoms with E-state index in [0.29, 0.717) is 48.0 Å². The van der Waals surface area contributed by atoms with Gasteiger partial charge in [0.2, 0.25) is 0 Å². The van der Waals surface area contributed by atoms with Crippen molar-refractivity contribution < 1.29 is 14.3 Å². The second-order valence-corrected chi connectivity index (χ2v) is 8.10. The van der Waals surface area contributed by atoms with Gasteiger partial charge in [-0.25, -0.2) is 0 Å². The number of hydrogen-bond acceptors (Lipinski definition) is 3. The van der Waals surface area contributed by atoms with Crippen molar-refractivity contribution in [1.82, 2.24) is 4.90 Å². The SMILES string of the molecule is Cc1oc(C)c(-c2ccc(Cl)cc2)c1C(=O)N1CCC(O)(c2ccccc2)CC1. The molecule has 5 heteroatoms. The molecule has 150 valence electrons. The van der Waals surface area contributed by atoms with Crippen LogP contribution in [-0.4, -0.2) is 29.0 Å². The van der Waals surface area contributed by atoms with Crippen LogP contribution in [0.25, 0.3) is 11.1 Å². The van der Waals surface area contributed by atoms with Gasteiger partial charge in [0.1, 0.15) is 11.5 Å². The largest absolute Gasteiger partial charge is 0.465 e. The Bertz CT molecular complexity index is 1020. The third kappa shape index (κ3) is 3.70. The van der Waals surface area contributed by atoms with E-state index >= 15 is 0 Å². The summed E-state index contributed by atoms with van der Waals surface area (Å²) in [5.74, 6) is 1.27. The number of rotatable bonds is 3. The molecule has 4 nitrogen and oxygen atoms in total. The zero-order valence-corrected chi connectivity index (χ0v) is 17.4. The van der Waals surface area contributed by atoms with E-state index in [1.165, 1.54) is 0 Å². The van der Waals surface area contributed by atoms with Gasteiger partial charge < -0.3 is 14.4 Å². The van der Waals surface area contributed by atoms with Gasteiger partial charge in [0.05, 0.1) is 11.2 Å². The Balaban J connectivity index is 1.59. The highest BCUT2D eigenvalue weighted by Gasteiger charge is 2.37. The number of amides is 1. The number of nitrogens with zero attached hydrogens (tertiary/aromatic N) is 1. The highest BCUT2D eigenvalue weighted by Crippen LogP contribution is 2.37. The average molecular weight is 410 g/mol. The summed E-state index contributed by atoms with van der Waals surface area (Å²) in [4.78, 5) is 15.2. The molecule has 0 spiro atoms. The van der Waals surface area contributed by atoms with Gasteiger partial charge in [0.15, 0.2) is 0 Å². The lowest BCUT2D eigenvalue weighted by Gasteiger charge is -2.38. The quantitative estimate of drug-likeness (QED) is 0.635. The lowest BCUT2D eigenvalue weighted by Crippen LogP contribution is -2.45. The molecule has 2 aromatic carbocycles. The minimum Gasteiger partial charge on any atom is -0.465 e. The number of aliphatic hydroxyl groups is 1. The molecule has 0 bridgehead atoms. The maximum Gasteiger partial charge on any atom is 0.258 e. The topological polar surface area (TPSA) is 53.7 Å². The number of hydrogen-bond donors (Lipinski definition) is 1. The van der Waals surface area contributed by atoms with Crippen molar-refractivity contribution in [3.8, 4) is 11.1 Å². The van der Waals surface area contributed by atoms with E-state index in [9.17, 15) is 9.90 Å². The minimum absolute atomic E-state index is 0.0561. The first-order valence-corrected chi connectivity index (χ1v) is 10.2. The molecule has 0 radical (unpaired) electrons. The maximum absolute atomic E-state index is 13.4. The van der Waals surface area contributed by atoms with Gasteiger partial charge >= 0.3 is 0 Å². The average Bonchev–Trinajstić information content (AvgIpc) is 3.03. The summed E-state index contributed by atoms with van der Waals surface area (Å²) in [6.07, 6.45) is 1.02. The summed E-state index contributed by atoms with van der Waals surface area (Å²) < 4.78 is 5.82. The van der Waals surface area contributed by atoms with Gasteiger partial charge in [0.25, 0.3) is 5.91 Å². The van der Waals surface area contributed by atoms with Gasteiger partial charge in [-0.1, -0.05) is 54.1 Å². The zero-order valence-electron chi connectivity index (χ0n) is 16.6. The summed E-state index contributed by atoms with van der Waals surface area (Å²) in [5.41, 5.74) is 2.33. The fourth-order valence-electron chi connectivity index (χ4n) is 4.18. The Morgan fingerprint density at radius 1 is 1.00 bits per heavy atom. The molecule has 1 fully saturated rings. The van der Waals surface area contributed by atoms with Gasteiger partial charge in [-0.15, -0.1) is 0 Å². The van der Waals surface area contributed by atoms with Crippen LogP contribution in [0, 0.1) is 13.8 Å². The first-order valence-electron chi connectivity index (χ1n) is 9.82. The monoisotopic (exact) mass is 409 g/mol. The maximum atomic E-state index is 13.4. The van der Waals surface area contributed by atoms with E-state index in [1.54, 1.807) is 0 Å². The number of carbonyl (C=O) groups is 1. The molecule has 0 saturated carbocycles. The van der Waals surface area contributed by atoms with Gasteiger partial charge in [-0.2, -0.15) is 0 Å². The van der Waals surface area contributed by atoms with Gasteiger partial charge in [-0.3, -0.25) is 4.79 Å². The fourth-order valence-corrected chi connectivity index (χ4v) is 4.31. The van der Waals surface area contributed by atoms with Crippen molar-refractivity contribution in [2.45, 2.75) is 32.3 Å². The normalized spacial score (nSPS) is 16.1. The predicted octanol–water partition coefficient (Wildman–Crippen LogP) is 5.34. The van der Waals surface area contributed by atoms with Crippen molar-refractivity contribution >= 4 is 17.5 Å². The third-order valence-corrected chi connectivity index (χ3v) is 6.05. The molecule has 1 N–H and O–H groups in total.